The van der Waals surface area contributed by atoms with Crippen molar-refractivity contribution in [1.82, 2.24) is 0 Å². The topological polar surface area (TPSA) is 0 Å². The second kappa shape index (κ2) is 10.8. The Morgan fingerprint density at radius 1 is 0.280 bits per heavy atom. The van der Waals surface area contributed by atoms with Gasteiger partial charge in [-0.1, -0.05) is 121 Å². The minimum atomic E-state index is 1.27. The fourth-order valence-corrected chi connectivity index (χ4v) is 8.94. The molecule has 10 aromatic rings. The van der Waals surface area contributed by atoms with Gasteiger partial charge in [-0.15, -0.1) is 0 Å². The van der Waals surface area contributed by atoms with Gasteiger partial charge >= 0.3 is 0 Å². The van der Waals surface area contributed by atoms with Crippen LogP contribution in [0.2, 0.25) is 0 Å². The van der Waals surface area contributed by atoms with Gasteiger partial charge < -0.3 is 0 Å². The van der Waals surface area contributed by atoms with E-state index < -0.39 is 0 Å². The Labute approximate surface area is 292 Å². The second-order valence-corrected chi connectivity index (χ2v) is 14.2. The summed E-state index contributed by atoms with van der Waals surface area (Å²) in [5.41, 5.74) is 15.5. The van der Waals surface area contributed by atoms with Gasteiger partial charge in [0.2, 0.25) is 0 Å². The molecule has 0 amide bonds. The van der Waals surface area contributed by atoms with E-state index in [9.17, 15) is 0 Å². The predicted octanol–water partition coefficient (Wildman–Crippen LogP) is 14.2. The Morgan fingerprint density at radius 3 is 0.980 bits per heavy atom. The summed E-state index contributed by atoms with van der Waals surface area (Å²) >= 11 is 0. The summed E-state index contributed by atoms with van der Waals surface area (Å²) < 4.78 is 0. The Bertz CT molecular complexity index is 2750. The van der Waals surface area contributed by atoms with Crippen molar-refractivity contribution in [2.45, 2.75) is 27.7 Å². The van der Waals surface area contributed by atoms with Gasteiger partial charge in [0.05, 0.1) is 0 Å². The molecule has 0 aliphatic carbocycles. The Kier molecular flexibility index (Phi) is 6.24. The molecule has 0 N–H and O–H groups in total. The number of aryl methyl sites for hydroxylation is 4. The zero-order valence-electron chi connectivity index (χ0n) is 28.9. The highest BCUT2D eigenvalue weighted by atomic mass is 14.3. The zero-order valence-corrected chi connectivity index (χ0v) is 28.9. The molecule has 0 spiro atoms. The summed E-state index contributed by atoms with van der Waals surface area (Å²) in [7, 11) is 0. The molecule has 0 unspecified atom stereocenters. The maximum Gasteiger partial charge on any atom is -0.000740 e. The highest BCUT2D eigenvalue weighted by Crippen LogP contribution is 2.53. The maximum absolute atomic E-state index is 2.48. The molecule has 0 nitrogen and oxygen atoms in total. The van der Waals surface area contributed by atoms with E-state index in [1.54, 1.807) is 0 Å². The molecular formula is C50H36. The lowest BCUT2D eigenvalue weighted by atomic mass is 9.77. The number of hydrogen-bond acceptors (Lipinski definition) is 0. The van der Waals surface area contributed by atoms with Crippen LogP contribution in [-0.2, 0) is 0 Å². The minimum absolute atomic E-state index is 1.27. The van der Waals surface area contributed by atoms with Crippen LogP contribution in [0, 0.1) is 27.7 Å². The molecule has 0 saturated heterocycles. The Hall–Kier alpha value is -5.98. The van der Waals surface area contributed by atoms with Crippen LogP contribution in [0.1, 0.15) is 22.3 Å². The van der Waals surface area contributed by atoms with Gasteiger partial charge in [-0.25, -0.2) is 0 Å². The van der Waals surface area contributed by atoms with Crippen LogP contribution >= 0.6 is 0 Å². The first-order valence-corrected chi connectivity index (χ1v) is 17.7. The van der Waals surface area contributed by atoms with E-state index >= 15 is 0 Å². The average Bonchev–Trinajstić information content (AvgIpc) is 3.13. The summed E-state index contributed by atoms with van der Waals surface area (Å²) in [6, 6.07) is 54.8. The first kappa shape index (κ1) is 29.0. The SMILES string of the molecule is Cc1ccccc1-c1cc2ccc3c(-c4ccccc4C)c4cc(-c5ccccc5C)cc5ccc6c(-c7ccccc7C)c(c1)c2c3c6c54. The van der Waals surface area contributed by atoms with Crippen molar-refractivity contribution in [2.75, 3.05) is 0 Å². The fraction of sp³-hybridized carbons (Fsp3) is 0.0800. The van der Waals surface area contributed by atoms with Gasteiger partial charge in [-0.3, -0.25) is 0 Å². The van der Waals surface area contributed by atoms with E-state index in [1.165, 1.54) is 121 Å². The monoisotopic (exact) mass is 636 g/mol. The summed E-state index contributed by atoms with van der Waals surface area (Å²) in [4.78, 5) is 0. The number of rotatable bonds is 4. The third-order valence-corrected chi connectivity index (χ3v) is 11.3. The minimum Gasteiger partial charge on any atom is -0.0620 e. The lowest BCUT2D eigenvalue weighted by molar-refractivity contribution is 1.46. The third-order valence-electron chi connectivity index (χ3n) is 11.3. The molecule has 0 saturated carbocycles. The molecule has 0 aromatic heterocycles. The van der Waals surface area contributed by atoms with Gasteiger partial charge in [-0.05, 0) is 173 Å². The summed E-state index contributed by atoms with van der Waals surface area (Å²) in [5, 5.41) is 13.3. The predicted molar refractivity (Wildman–Crippen MR) is 217 cm³/mol. The van der Waals surface area contributed by atoms with Gasteiger partial charge in [0, 0.05) is 0 Å². The van der Waals surface area contributed by atoms with E-state index in [-0.39, 0.29) is 0 Å². The molecule has 0 bridgehead atoms. The van der Waals surface area contributed by atoms with Crippen LogP contribution in [0.5, 0.6) is 0 Å². The molecule has 50 heavy (non-hydrogen) atoms. The fourth-order valence-electron chi connectivity index (χ4n) is 8.94. The molecule has 10 rings (SSSR count). The van der Waals surface area contributed by atoms with Gasteiger partial charge in [0.15, 0.2) is 0 Å². The standard InChI is InChI=1S/C50H36/c1-29-13-5-9-17-37(29)35-25-33-21-23-42-48(40-20-12-8-16-32(40)4)44-28-36(38-18-10-6-14-30(38)2)26-34-22-24-41-47(39-19-11-7-15-31(39)3)43(27-35)45(33)49(42)50(41)46(34)44/h5-28H,1-4H3. The van der Waals surface area contributed by atoms with Crippen LogP contribution in [0.3, 0.4) is 0 Å². The van der Waals surface area contributed by atoms with E-state index in [0.717, 1.165) is 0 Å². The molecule has 10 aromatic carbocycles. The van der Waals surface area contributed by atoms with E-state index in [2.05, 4.69) is 173 Å². The Morgan fingerprint density at radius 2 is 0.620 bits per heavy atom. The Balaban J connectivity index is 1.48. The van der Waals surface area contributed by atoms with Crippen LogP contribution in [0.4, 0.5) is 0 Å². The largest absolute Gasteiger partial charge is 0.0620 e. The van der Waals surface area contributed by atoms with Crippen LogP contribution in [0.25, 0.3) is 98.4 Å². The highest BCUT2D eigenvalue weighted by Gasteiger charge is 2.25. The molecule has 0 heterocycles. The summed E-state index contributed by atoms with van der Waals surface area (Å²) in [6.45, 7) is 8.96. The van der Waals surface area contributed by atoms with Crippen molar-refractivity contribution >= 4 is 53.9 Å². The molecular weight excluding hydrogens is 601 g/mol. The molecule has 0 fully saturated rings. The third kappa shape index (κ3) is 4.06. The summed E-state index contributed by atoms with van der Waals surface area (Å²) in [5.74, 6) is 0. The van der Waals surface area contributed by atoms with Crippen LogP contribution in [-0.4, -0.2) is 0 Å². The van der Waals surface area contributed by atoms with Gasteiger partial charge in [0.1, 0.15) is 0 Å². The first-order chi connectivity index (χ1) is 24.5. The van der Waals surface area contributed by atoms with Crippen molar-refractivity contribution in [3.63, 3.8) is 0 Å². The first-order valence-electron chi connectivity index (χ1n) is 17.7. The number of hydrogen-bond donors (Lipinski definition) is 0. The molecule has 0 radical (unpaired) electrons. The molecule has 0 atom stereocenters. The van der Waals surface area contributed by atoms with E-state index in [4.69, 9.17) is 0 Å². The van der Waals surface area contributed by atoms with Crippen molar-refractivity contribution in [2.24, 2.45) is 0 Å². The maximum atomic E-state index is 2.48. The normalized spacial score (nSPS) is 12.0. The molecule has 0 aliphatic heterocycles. The molecule has 0 heteroatoms. The van der Waals surface area contributed by atoms with Gasteiger partial charge in [0.25, 0.3) is 0 Å². The van der Waals surface area contributed by atoms with Crippen molar-refractivity contribution in [3.05, 3.63) is 168 Å². The number of benzene rings is 10. The van der Waals surface area contributed by atoms with E-state index in [0.29, 0.717) is 0 Å². The quantitative estimate of drug-likeness (QED) is 0.133. The highest BCUT2D eigenvalue weighted by molar-refractivity contribution is 6.43. The molecule has 0 aliphatic rings. The average molecular weight is 637 g/mol. The molecule has 236 valence electrons. The van der Waals surface area contributed by atoms with Crippen LogP contribution < -0.4 is 0 Å². The lowest BCUT2D eigenvalue weighted by Crippen LogP contribution is -1.98. The second-order valence-electron chi connectivity index (χ2n) is 14.2. The van der Waals surface area contributed by atoms with Crippen molar-refractivity contribution in [1.29, 1.82) is 0 Å². The summed E-state index contributed by atoms with van der Waals surface area (Å²) in [6.07, 6.45) is 0. The zero-order chi connectivity index (χ0) is 33.7. The van der Waals surface area contributed by atoms with Crippen LogP contribution in [0.15, 0.2) is 146 Å². The van der Waals surface area contributed by atoms with Crippen molar-refractivity contribution < 1.29 is 0 Å². The lowest BCUT2D eigenvalue weighted by Gasteiger charge is -2.25. The van der Waals surface area contributed by atoms with Crippen molar-refractivity contribution in [3.8, 4) is 44.5 Å². The smallest absolute Gasteiger partial charge is 0.000740 e. The van der Waals surface area contributed by atoms with Gasteiger partial charge in [-0.2, -0.15) is 0 Å². The van der Waals surface area contributed by atoms with E-state index in [1.807, 2.05) is 0 Å².